The first kappa shape index (κ1) is 15.7. The van der Waals surface area contributed by atoms with Crippen LogP contribution in [-0.4, -0.2) is 42.9 Å². The van der Waals surface area contributed by atoms with Crippen molar-refractivity contribution < 1.29 is 22.6 Å². The molecule has 1 N–H and O–H groups in total. The van der Waals surface area contributed by atoms with Crippen LogP contribution in [0.25, 0.3) is 0 Å². The first-order valence-electron chi connectivity index (χ1n) is 5.67. The number of sulfonamides is 1. The normalized spacial score (nSPS) is 11.4. The zero-order valence-corrected chi connectivity index (χ0v) is 12.3. The average molecular weight is 289 g/mol. The van der Waals surface area contributed by atoms with E-state index < -0.39 is 10.0 Å². The van der Waals surface area contributed by atoms with Crippen LogP contribution in [0.1, 0.15) is 5.56 Å². The smallest absolute Gasteiger partial charge is 0.244 e. The van der Waals surface area contributed by atoms with Crippen LogP contribution in [0, 0.1) is 6.92 Å². The van der Waals surface area contributed by atoms with Crippen LogP contribution in [0.15, 0.2) is 17.0 Å². The highest BCUT2D eigenvalue weighted by Gasteiger charge is 2.21. The van der Waals surface area contributed by atoms with Crippen molar-refractivity contribution in [1.29, 1.82) is 0 Å². The molecule has 0 saturated carbocycles. The fraction of sp³-hybridized carbons (Fsp3) is 0.500. The van der Waals surface area contributed by atoms with Crippen LogP contribution in [0.2, 0.25) is 0 Å². The second kappa shape index (κ2) is 6.74. The highest BCUT2D eigenvalue weighted by molar-refractivity contribution is 7.89. The zero-order valence-electron chi connectivity index (χ0n) is 11.5. The van der Waals surface area contributed by atoms with E-state index in [-0.39, 0.29) is 17.2 Å². The van der Waals surface area contributed by atoms with Crippen molar-refractivity contribution >= 4 is 10.0 Å². The van der Waals surface area contributed by atoms with Crippen LogP contribution in [-0.2, 0) is 14.8 Å². The summed E-state index contributed by atoms with van der Waals surface area (Å²) in [6, 6.07) is 3.08. The minimum Gasteiger partial charge on any atom is -0.496 e. The molecule has 0 saturated heterocycles. The summed E-state index contributed by atoms with van der Waals surface area (Å²) in [5, 5.41) is 0. The van der Waals surface area contributed by atoms with Crippen LogP contribution in [0.4, 0.5) is 0 Å². The maximum atomic E-state index is 12.2. The Morgan fingerprint density at radius 2 is 1.74 bits per heavy atom. The van der Waals surface area contributed by atoms with E-state index in [0.717, 1.165) is 5.56 Å². The van der Waals surface area contributed by atoms with E-state index in [9.17, 15) is 8.42 Å². The van der Waals surface area contributed by atoms with Gasteiger partial charge in [-0.3, -0.25) is 0 Å². The number of methoxy groups -OCH3 is 3. The molecule has 0 aromatic heterocycles. The lowest BCUT2D eigenvalue weighted by Crippen LogP contribution is -2.27. The van der Waals surface area contributed by atoms with Crippen molar-refractivity contribution in [3.63, 3.8) is 0 Å². The number of benzene rings is 1. The summed E-state index contributed by atoms with van der Waals surface area (Å²) >= 11 is 0. The van der Waals surface area contributed by atoms with E-state index in [0.29, 0.717) is 12.4 Å². The number of rotatable bonds is 7. The Hall–Kier alpha value is -1.31. The Morgan fingerprint density at radius 3 is 2.26 bits per heavy atom. The second-order valence-corrected chi connectivity index (χ2v) is 5.60. The maximum Gasteiger partial charge on any atom is 0.244 e. The Bertz CT molecular complexity index is 527. The standard InChI is InChI=1S/C12H19NO5S/c1-9-7-11(18-4)12(8-10(9)17-3)19(14,15)13-5-6-16-2/h7-8,13H,5-6H2,1-4H3. The summed E-state index contributed by atoms with van der Waals surface area (Å²) in [6.07, 6.45) is 0. The Labute approximate surface area is 113 Å². The van der Waals surface area contributed by atoms with Crippen molar-refractivity contribution in [3.05, 3.63) is 17.7 Å². The maximum absolute atomic E-state index is 12.2. The van der Waals surface area contributed by atoms with E-state index in [1.165, 1.54) is 27.4 Å². The summed E-state index contributed by atoms with van der Waals surface area (Å²) < 4.78 is 41.8. The quantitative estimate of drug-likeness (QED) is 0.756. The zero-order chi connectivity index (χ0) is 14.5. The van der Waals surface area contributed by atoms with Gasteiger partial charge in [-0.2, -0.15) is 0 Å². The average Bonchev–Trinajstić information content (AvgIpc) is 2.38. The molecule has 0 aliphatic rings. The third-order valence-corrected chi connectivity index (χ3v) is 4.05. The summed E-state index contributed by atoms with van der Waals surface area (Å²) in [4.78, 5) is 0.0496. The van der Waals surface area contributed by atoms with E-state index in [4.69, 9.17) is 14.2 Å². The van der Waals surface area contributed by atoms with Gasteiger partial charge in [-0.1, -0.05) is 0 Å². The van der Waals surface area contributed by atoms with Crippen LogP contribution >= 0.6 is 0 Å². The van der Waals surface area contributed by atoms with Crippen LogP contribution < -0.4 is 14.2 Å². The number of ether oxygens (including phenoxy) is 3. The molecule has 0 radical (unpaired) electrons. The summed E-state index contributed by atoms with van der Waals surface area (Å²) in [5.41, 5.74) is 0.801. The summed E-state index contributed by atoms with van der Waals surface area (Å²) in [7, 11) is 0.760. The predicted molar refractivity (Wildman–Crippen MR) is 71.3 cm³/mol. The van der Waals surface area contributed by atoms with E-state index in [2.05, 4.69) is 4.72 Å². The lowest BCUT2D eigenvalue weighted by Gasteiger charge is -2.13. The Morgan fingerprint density at radius 1 is 1.11 bits per heavy atom. The molecule has 19 heavy (non-hydrogen) atoms. The van der Waals surface area contributed by atoms with Crippen molar-refractivity contribution in [2.45, 2.75) is 11.8 Å². The fourth-order valence-electron chi connectivity index (χ4n) is 1.59. The molecule has 0 aliphatic carbocycles. The van der Waals surface area contributed by atoms with Gasteiger partial charge in [-0.05, 0) is 18.6 Å². The highest BCUT2D eigenvalue weighted by Crippen LogP contribution is 2.31. The van der Waals surface area contributed by atoms with Crippen molar-refractivity contribution in [2.24, 2.45) is 0 Å². The topological polar surface area (TPSA) is 73.9 Å². The molecule has 7 heteroatoms. The van der Waals surface area contributed by atoms with E-state index in [1.807, 2.05) is 6.92 Å². The minimum absolute atomic E-state index is 0.0496. The molecule has 108 valence electrons. The molecule has 1 aromatic carbocycles. The van der Waals surface area contributed by atoms with Crippen molar-refractivity contribution in [2.75, 3.05) is 34.5 Å². The Balaban J connectivity index is 3.16. The SMILES string of the molecule is COCCNS(=O)(=O)c1cc(OC)c(C)cc1OC. The van der Waals surface area contributed by atoms with Gasteiger partial charge in [0.15, 0.2) is 0 Å². The third kappa shape index (κ3) is 3.82. The molecule has 1 aromatic rings. The first-order chi connectivity index (χ1) is 8.96. The first-order valence-corrected chi connectivity index (χ1v) is 7.15. The molecule has 6 nitrogen and oxygen atoms in total. The highest BCUT2D eigenvalue weighted by atomic mass is 32.2. The summed E-state index contributed by atoms with van der Waals surface area (Å²) in [5.74, 6) is 0.774. The predicted octanol–water partition coefficient (Wildman–Crippen LogP) is 0.937. The number of hydrogen-bond donors (Lipinski definition) is 1. The molecule has 0 heterocycles. The van der Waals surface area contributed by atoms with Crippen LogP contribution in [0.5, 0.6) is 11.5 Å². The van der Waals surface area contributed by atoms with Gasteiger partial charge in [-0.15, -0.1) is 0 Å². The molecule has 0 unspecified atom stereocenters. The van der Waals surface area contributed by atoms with Gasteiger partial charge in [0.1, 0.15) is 16.4 Å². The molecule has 0 bridgehead atoms. The van der Waals surface area contributed by atoms with Crippen molar-refractivity contribution in [1.82, 2.24) is 4.72 Å². The molecular weight excluding hydrogens is 270 g/mol. The number of hydrogen-bond acceptors (Lipinski definition) is 5. The number of nitrogens with one attached hydrogen (secondary N) is 1. The number of aryl methyl sites for hydroxylation is 1. The molecule has 0 amide bonds. The van der Waals surface area contributed by atoms with Crippen LogP contribution in [0.3, 0.4) is 0 Å². The van der Waals surface area contributed by atoms with Gasteiger partial charge in [0.05, 0.1) is 20.8 Å². The lowest BCUT2D eigenvalue weighted by molar-refractivity contribution is 0.204. The van der Waals surface area contributed by atoms with Gasteiger partial charge in [0.25, 0.3) is 0 Å². The molecule has 0 spiro atoms. The monoisotopic (exact) mass is 289 g/mol. The molecule has 0 aliphatic heterocycles. The van der Waals surface area contributed by atoms with E-state index >= 15 is 0 Å². The van der Waals surface area contributed by atoms with Gasteiger partial charge in [0.2, 0.25) is 10.0 Å². The molecular formula is C12H19NO5S. The minimum atomic E-state index is -3.66. The fourth-order valence-corrected chi connectivity index (χ4v) is 2.77. The summed E-state index contributed by atoms with van der Waals surface area (Å²) in [6.45, 7) is 2.30. The lowest BCUT2D eigenvalue weighted by atomic mass is 10.2. The van der Waals surface area contributed by atoms with E-state index in [1.54, 1.807) is 6.07 Å². The van der Waals surface area contributed by atoms with Gasteiger partial charge in [-0.25, -0.2) is 13.1 Å². The van der Waals surface area contributed by atoms with Crippen molar-refractivity contribution in [3.8, 4) is 11.5 Å². The molecule has 0 fully saturated rings. The molecule has 0 atom stereocenters. The molecule has 1 rings (SSSR count). The van der Waals surface area contributed by atoms with Gasteiger partial charge < -0.3 is 14.2 Å². The third-order valence-electron chi connectivity index (χ3n) is 2.57. The second-order valence-electron chi connectivity index (χ2n) is 3.86. The van der Waals surface area contributed by atoms with Gasteiger partial charge in [0, 0.05) is 19.7 Å². The Kier molecular flexibility index (Phi) is 5.59. The van der Waals surface area contributed by atoms with Gasteiger partial charge >= 0.3 is 0 Å². The largest absolute Gasteiger partial charge is 0.496 e.